The van der Waals surface area contributed by atoms with Crippen molar-refractivity contribution < 1.29 is 8.83 Å². The van der Waals surface area contributed by atoms with Gasteiger partial charge in [-0.15, -0.1) is 0 Å². The summed E-state index contributed by atoms with van der Waals surface area (Å²) in [6.07, 6.45) is 0. The second kappa shape index (κ2) is 12.3. The van der Waals surface area contributed by atoms with Gasteiger partial charge in [0, 0.05) is 62.8 Å². The van der Waals surface area contributed by atoms with Crippen LogP contribution >= 0.6 is 63.7 Å². The Kier molecular flexibility index (Phi) is 7.17. The zero-order chi connectivity index (χ0) is 40.3. The Morgan fingerprint density at radius 1 is 0.400 bits per heavy atom. The van der Waals surface area contributed by atoms with E-state index in [0.29, 0.717) is 22.1 Å². The van der Waals surface area contributed by atoms with E-state index in [1.165, 1.54) is 0 Å². The first-order valence-electron chi connectivity index (χ1n) is 18.8. The third kappa shape index (κ3) is 4.48. The summed E-state index contributed by atoms with van der Waals surface area (Å²) in [7, 11) is 0. The van der Waals surface area contributed by atoms with Crippen LogP contribution in [0, 0.1) is 0 Å². The van der Waals surface area contributed by atoms with Gasteiger partial charge in [-0.1, -0.05) is 92.5 Å². The fourth-order valence-corrected chi connectivity index (χ4v) is 11.6. The van der Waals surface area contributed by atoms with Crippen molar-refractivity contribution >= 4 is 184 Å². The highest BCUT2D eigenvalue weighted by Gasteiger charge is 2.25. The maximum absolute atomic E-state index is 13.6. The molecule has 6 heterocycles. The van der Waals surface area contributed by atoms with E-state index in [0.717, 1.165) is 116 Å². The molecule has 0 atom stereocenters. The van der Waals surface area contributed by atoms with Crippen LogP contribution in [0.25, 0.3) is 120 Å². The van der Waals surface area contributed by atoms with Crippen molar-refractivity contribution in [2.24, 2.45) is 0 Å². The van der Waals surface area contributed by atoms with E-state index in [9.17, 15) is 9.59 Å². The van der Waals surface area contributed by atoms with E-state index in [-0.39, 0.29) is 11.1 Å². The van der Waals surface area contributed by atoms with Crippen molar-refractivity contribution in [3.05, 3.63) is 160 Å². The summed E-state index contributed by atoms with van der Waals surface area (Å²) in [5, 5.41) is 10.8. The maximum atomic E-state index is 13.6. The first kappa shape index (κ1) is 34.9. The molecule has 12 heteroatoms. The van der Waals surface area contributed by atoms with Gasteiger partial charge in [0.1, 0.15) is 33.6 Å². The number of para-hydroxylation sites is 6. The second-order valence-electron chi connectivity index (χ2n) is 14.9. The smallest absolute Gasteiger partial charge is 0.264 e. The minimum absolute atomic E-state index is 0.0782. The Morgan fingerprint density at radius 3 is 1.27 bits per heavy atom. The number of imidazole rings is 2. The number of hydrogen-bond acceptors (Lipinski definition) is 6. The van der Waals surface area contributed by atoms with Crippen LogP contribution in [0.3, 0.4) is 0 Å². The molecule has 0 bridgehead atoms. The predicted molar refractivity (Wildman–Crippen MR) is 256 cm³/mol. The SMILES string of the molecule is O=c1c2cc(Br)c3c4ccccc4oc4c(Br)cc(c2c43)c2nc3ccccc3n12.O=c1c2cc(Br)c3oc4ccccc4c4c(Br)cc(c2c34)c2nc3ccccc3n12. The molecule has 0 unspecified atom stereocenters. The summed E-state index contributed by atoms with van der Waals surface area (Å²) in [5.74, 6) is 0. The lowest BCUT2D eigenvalue weighted by atomic mass is 9.96. The van der Waals surface area contributed by atoms with E-state index in [1.807, 2.05) is 115 Å². The molecule has 60 heavy (non-hydrogen) atoms. The van der Waals surface area contributed by atoms with Crippen LogP contribution in [-0.4, -0.2) is 18.8 Å². The number of fused-ring (bicyclic) bond motifs is 12. The van der Waals surface area contributed by atoms with Gasteiger partial charge in [0.2, 0.25) is 0 Å². The molecule has 0 saturated carbocycles. The van der Waals surface area contributed by atoms with Gasteiger partial charge in [-0.25, -0.2) is 9.97 Å². The van der Waals surface area contributed by atoms with Crippen LogP contribution in [0.2, 0.25) is 0 Å². The van der Waals surface area contributed by atoms with Gasteiger partial charge >= 0.3 is 0 Å². The Bertz CT molecular complexity index is 4150. The minimum Gasteiger partial charge on any atom is -0.455 e. The average molecular weight is 1040 g/mol. The number of nitrogens with zero attached hydrogens (tertiary/aromatic N) is 4. The van der Waals surface area contributed by atoms with Gasteiger partial charge in [-0.05, 0) is 92.5 Å². The van der Waals surface area contributed by atoms with E-state index in [4.69, 9.17) is 18.8 Å². The molecule has 14 rings (SSSR count). The molecule has 14 aromatic rings. The fourth-order valence-electron chi connectivity index (χ4n) is 9.31. The Morgan fingerprint density at radius 2 is 0.783 bits per heavy atom. The summed E-state index contributed by atoms with van der Waals surface area (Å²) in [5.41, 5.74) is 7.43. The summed E-state index contributed by atoms with van der Waals surface area (Å²) in [4.78, 5) is 36.9. The highest BCUT2D eigenvalue weighted by molar-refractivity contribution is 9.11. The average Bonchev–Trinajstić information content (AvgIpc) is 3.86. The van der Waals surface area contributed by atoms with E-state index >= 15 is 0 Å². The molecular formula is C48H20Br4N4O4. The van der Waals surface area contributed by atoms with Crippen molar-refractivity contribution in [3.63, 3.8) is 0 Å². The van der Waals surface area contributed by atoms with Crippen molar-refractivity contribution in [1.29, 1.82) is 0 Å². The van der Waals surface area contributed by atoms with Gasteiger partial charge < -0.3 is 8.83 Å². The normalized spacial score (nSPS) is 12.5. The fraction of sp³-hybridized carbons (Fsp3) is 0. The molecule has 0 spiro atoms. The molecule has 0 saturated heterocycles. The van der Waals surface area contributed by atoms with Crippen LogP contribution in [-0.2, 0) is 0 Å². The van der Waals surface area contributed by atoms with E-state index in [1.54, 1.807) is 8.80 Å². The number of pyridine rings is 2. The Hall–Kier alpha value is -5.92. The summed E-state index contributed by atoms with van der Waals surface area (Å²) in [6.45, 7) is 0. The van der Waals surface area contributed by atoms with E-state index in [2.05, 4.69) is 69.8 Å². The van der Waals surface area contributed by atoms with Crippen molar-refractivity contribution in [2.45, 2.75) is 0 Å². The lowest BCUT2D eigenvalue weighted by Gasteiger charge is -2.15. The van der Waals surface area contributed by atoms with Gasteiger partial charge in [-0.3, -0.25) is 18.4 Å². The number of aromatic nitrogens is 4. The summed E-state index contributed by atoms with van der Waals surface area (Å²) >= 11 is 14.9. The van der Waals surface area contributed by atoms with Gasteiger partial charge in [-0.2, -0.15) is 0 Å². The third-order valence-electron chi connectivity index (χ3n) is 11.7. The largest absolute Gasteiger partial charge is 0.455 e. The van der Waals surface area contributed by atoms with Crippen molar-refractivity contribution in [3.8, 4) is 0 Å². The molecule has 0 fully saturated rings. The maximum Gasteiger partial charge on any atom is 0.264 e. The minimum atomic E-state index is -0.0782. The summed E-state index contributed by atoms with van der Waals surface area (Å²) < 4.78 is 19.4. The van der Waals surface area contributed by atoms with Crippen molar-refractivity contribution in [1.82, 2.24) is 18.8 Å². The zero-order valence-corrected chi connectivity index (χ0v) is 36.8. The van der Waals surface area contributed by atoms with Gasteiger partial charge in [0.05, 0.1) is 41.8 Å². The number of halogens is 4. The molecule has 0 radical (unpaired) electrons. The molecule has 6 aromatic heterocycles. The number of hydrogen-bond donors (Lipinski definition) is 0. The van der Waals surface area contributed by atoms with E-state index < -0.39 is 0 Å². The van der Waals surface area contributed by atoms with Gasteiger partial charge in [0.25, 0.3) is 11.1 Å². The van der Waals surface area contributed by atoms with Gasteiger partial charge in [0.15, 0.2) is 0 Å². The molecule has 8 aromatic carbocycles. The molecule has 0 aliphatic rings. The molecule has 8 nitrogen and oxygen atoms in total. The number of rotatable bonds is 0. The monoisotopic (exact) mass is 1030 g/mol. The first-order chi connectivity index (χ1) is 29.3. The Balaban J connectivity index is 0.000000123. The molecule has 284 valence electrons. The van der Waals surface area contributed by atoms with Crippen molar-refractivity contribution in [2.75, 3.05) is 0 Å². The third-order valence-corrected chi connectivity index (χ3v) is 14.2. The van der Waals surface area contributed by atoms with Crippen LogP contribution in [0.4, 0.5) is 0 Å². The van der Waals surface area contributed by atoms with Crippen LogP contribution in [0.5, 0.6) is 0 Å². The molecular weight excluding hydrogens is 1020 g/mol. The number of benzene rings is 8. The highest BCUT2D eigenvalue weighted by atomic mass is 79.9. The predicted octanol–water partition coefficient (Wildman–Crippen LogP) is 14.0. The Labute approximate surface area is 368 Å². The first-order valence-corrected chi connectivity index (χ1v) is 22.0. The molecule has 0 amide bonds. The molecule has 0 aliphatic heterocycles. The highest BCUT2D eigenvalue weighted by Crippen LogP contribution is 2.47. The molecule has 0 N–H and O–H groups in total. The van der Waals surface area contributed by atoms with Crippen LogP contribution < -0.4 is 11.1 Å². The zero-order valence-electron chi connectivity index (χ0n) is 30.5. The lowest BCUT2D eigenvalue weighted by Crippen LogP contribution is -2.13. The molecule has 0 aliphatic carbocycles. The van der Waals surface area contributed by atoms with Crippen LogP contribution in [0.15, 0.2) is 158 Å². The lowest BCUT2D eigenvalue weighted by molar-refractivity contribution is 0.659. The van der Waals surface area contributed by atoms with Crippen LogP contribution in [0.1, 0.15) is 0 Å². The summed E-state index contributed by atoms with van der Waals surface area (Å²) in [6, 6.07) is 39.3. The second-order valence-corrected chi connectivity index (χ2v) is 18.3. The standard InChI is InChI=1S/2C24H10Br2N2O2/c25-14-10-13-19-12(23-27-16-6-2-3-7-17(16)28(23)24(13)29)9-15(26)22-21(19)20(14)11-5-1-4-8-18(11)30-22;25-14-9-12-19-13(24(29)28-17-7-3-2-6-16(17)27-23(12)28)10-15(26)22-21(19)20(14)11-5-1-4-8-18(11)30-22/h2*1-10H. The quantitative estimate of drug-likeness (QED) is 0.111. The topological polar surface area (TPSA) is 95.0 Å².